The summed E-state index contributed by atoms with van der Waals surface area (Å²) in [7, 11) is -10.0. The van der Waals surface area contributed by atoms with E-state index >= 15 is 0 Å². The minimum atomic E-state index is -5.23. The fourth-order valence-electron chi connectivity index (χ4n) is 9.31. The van der Waals surface area contributed by atoms with Crippen LogP contribution in [0.5, 0.6) is 0 Å². The lowest BCUT2D eigenvalue weighted by Gasteiger charge is -2.42. The van der Waals surface area contributed by atoms with Crippen LogP contribution in [0.15, 0.2) is 69.6 Å². The summed E-state index contributed by atoms with van der Waals surface area (Å²) in [5.74, 6) is -0.764. The standard InChI is InChI=1S/C40H53N5O10P2/c1-5-39(6-2,20-25(21-46)18-29-15-14-28-13-12-26-10-9-11-27-16-17-30(29)35(28)34(26)27)54-57(50,51)52-22-32-31(40(7-3,8-4)55-56(47,48)49)19-33(53-32)45-24-44-36-37(41)42-23-43-38(36)45/h9-17,23-25,31-33,36,38,46H,5-8,18-22H2,1-4H3,(H,50,51)(H2,41,42,43)(H2,47,48,49)/p-1. The summed E-state index contributed by atoms with van der Waals surface area (Å²) in [6.45, 7) is 6.58. The van der Waals surface area contributed by atoms with E-state index in [9.17, 15) is 28.9 Å². The second-order valence-electron chi connectivity index (χ2n) is 15.5. The molecule has 5 N–H and O–H groups in total. The van der Waals surface area contributed by atoms with Crippen molar-refractivity contribution in [1.82, 2.24) is 4.90 Å². The van der Waals surface area contributed by atoms with E-state index in [-0.39, 0.29) is 44.0 Å². The minimum Gasteiger partial charge on any atom is -0.756 e. The SMILES string of the molecule is CCC(CC)(CC(CO)Cc1ccc2ccc3cccc4ccc1c2c34)OP(=O)(O)OCC1OC(N2C=NC3C(N)=NC=NC32)CC1C(CC)(CC)OP(=O)([O-])O. The monoisotopic (exact) mass is 824 g/mol. The van der Waals surface area contributed by atoms with Crippen LogP contribution in [-0.2, 0) is 33.9 Å². The Morgan fingerprint density at radius 3 is 2.26 bits per heavy atom. The van der Waals surface area contributed by atoms with Crippen molar-refractivity contribution in [1.29, 1.82) is 0 Å². The van der Waals surface area contributed by atoms with Crippen molar-refractivity contribution in [3.63, 3.8) is 0 Å². The van der Waals surface area contributed by atoms with Gasteiger partial charge in [0.1, 0.15) is 24.4 Å². The van der Waals surface area contributed by atoms with Crippen molar-refractivity contribution in [3.8, 4) is 0 Å². The number of hydrogen-bond acceptors (Lipinski definition) is 13. The summed E-state index contributed by atoms with van der Waals surface area (Å²) >= 11 is 0. The average molecular weight is 825 g/mol. The van der Waals surface area contributed by atoms with Gasteiger partial charge in [0.25, 0.3) is 7.82 Å². The summed E-state index contributed by atoms with van der Waals surface area (Å²) in [4.78, 5) is 48.1. The zero-order valence-corrected chi connectivity index (χ0v) is 34.4. The first-order valence-electron chi connectivity index (χ1n) is 19.7. The fraction of sp³-hybridized carbons (Fsp3) is 0.525. The highest BCUT2D eigenvalue weighted by atomic mass is 31.2. The second kappa shape index (κ2) is 16.4. The van der Waals surface area contributed by atoms with E-state index in [0.29, 0.717) is 19.3 Å². The summed E-state index contributed by atoms with van der Waals surface area (Å²) < 4.78 is 49.8. The molecule has 0 saturated carbocycles. The van der Waals surface area contributed by atoms with Gasteiger partial charge in [-0.15, -0.1) is 0 Å². The number of benzene rings is 4. The van der Waals surface area contributed by atoms with E-state index < -0.39 is 63.9 Å². The Balaban J connectivity index is 1.10. The van der Waals surface area contributed by atoms with E-state index in [0.717, 1.165) is 27.1 Å². The topological polar surface area (TPSA) is 221 Å². The number of fused-ring (bicyclic) bond motifs is 1. The average Bonchev–Trinajstić information content (AvgIpc) is 3.83. The Hall–Kier alpha value is -3.33. The third-order valence-electron chi connectivity index (χ3n) is 12.5. The smallest absolute Gasteiger partial charge is 0.472 e. The highest BCUT2D eigenvalue weighted by Gasteiger charge is 2.53. The molecule has 1 saturated heterocycles. The summed E-state index contributed by atoms with van der Waals surface area (Å²) in [6, 6.07) is 18.4. The summed E-state index contributed by atoms with van der Waals surface area (Å²) in [5, 5.41) is 17.7. The van der Waals surface area contributed by atoms with E-state index in [1.54, 1.807) is 25.1 Å². The predicted octanol–water partition coefficient (Wildman–Crippen LogP) is 6.02. The summed E-state index contributed by atoms with van der Waals surface area (Å²) in [5.41, 5.74) is 4.57. The molecular formula is C40H52N5O10P2-. The number of hydrogen-bond donors (Lipinski definition) is 4. The molecule has 1 fully saturated rings. The molecule has 0 aromatic heterocycles. The van der Waals surface area contributed by atoms with Crippen molar-refractivity contribution >= 4 is 66.5 Å². The van der Waals surface area contributed by atoms with Gasteiger partial charge in [0.15, 0.2) is 6.17 Å². The Labute approximate surface area is 332 Å². The largest absolute Gasteiger partial charge is 0.756 e. The van der Waals surface area contributed by atoms with Crippen LogP contribution in [0.3, 0.4) is 0 Å². The number of phosphoric ester groups is 2. The van der Waals surface area contributed by atoms with Crippen molar-refractivity contribution in [2.24, 2.45) is 32.5 Å². The van der Waals surface area contributed by atoms with Crippen molar-refractivity contribution in [2.75, 3.05) is 13.2 Å². The number of aliphatic hydroxyl groups excluding tert-OH is 1. The second-order valence-corrected chi connectivity index (χ2v) is 18.0. The maximum atomic E-state index is 13.9. The Morgan fingerprint density at radius 1 is 0.947 bits per heavy atom. The Morgan fingerprint density at radius 2 is 1.61 bits per heavy atom. The lowest BCUT2D eigenvalue weighted by atomic mass is 9.78. The first-order valence-corrected chi connectivity index (χ1v) is 22.7. The molecule has 3 aliphatic heterocycles. The normalized spacial score (nSPS) is 25.3. The van der Waals surface area contributed by atoms with Gasteiger partial charge >= 0.3 is 7.82 Å². The molecule has 0 bridgehead atoms. The molecule has 4 aromatic rings. The van der Waals surface area contributed by atoms with Crippen molar-refractivity contribution < 1.29 is 47.2 Å². The van der Waals surface area contributed by atoms with E-state index in [1.165, 1.54) is 17.1 Å². The van der Waals surface area contributed by atoms with Crippen LogP contribution in [0.4, 0.5) is 0 Å². The number of ether oxygens (including phenoxy) is 1. The van der Waals surface area contributed by atoms with Gasteiger partial charge in [-0.2, -0.15) is 0 Å². The number of aliphatic hydroxyl groups is 1. The molecule has 3 aliphatic rings. The lowest BCUT2D eigenvalue weighted by Crippen LogP contribution is -2.48. The van der Waals surface area contributed by atoms with Crippen LogP contribution in [0.1, 0.15) is 71.8 Å². The number of nitrogens with two attached hydrogens (primary N) is 1. The van der Waals surface area contributed by atoms with Gasteiger partial charge in [0.05, 0.1) is 30.3 Å². The molecule has 0 aliphatic carbocycles. The Kier molecular flexibility index (Phi) is 12.0. The molecule has 4 aromatic carbocycles. The van der Waals surface area contributed by atoms with Gasteiger partial charge in [-0.1, -0.05) is 82.3 Å². The quantitative estimate of drug-likeness (QED) is 0.0668. The van der Waals surface area contributed by atoms with E-state index in [2.05, 4.69) is 69.6 Å². The van der Waals surface area contributed by atoms with Gasteiger partial charge in [-0.05, 0) is 82.3 Å². The molecular weight excluding hydrogens is 772 g/mol. The molecule has 15 nitrogen and oxygen atoms in total. The predicted molar refractivity (Wildman–Crippen MR) is 218 cm³/mol. The number of phosphoric acid groups is 2. The molecule has 308 valence electrons. The van der Waals surface area contributed by atoms with Gasteiger partial charge in [0.2, 0.25) is 0 Å². The van der Waals surface area contributed by atoms with Crippen LogP contribution >= 0.6 is 15.6 Å². The number of nitrogens with zero attached hydrogens (tertiary/aromatic N) is 4. The lowest BCUT2D eigenvalue weighted by molar-refractivity contribution is -0.237. The third kappa shape index (κ3) is 8.30. The zero-order chi connectivity index (χ0) is 40.8. The van der Waals surface area contributed by atoms with Crippen LogP contribution in [0, 0.1) is 11.8 Å². The van der Waals surface area contributed by atoms with Gasteiger partial charge in [-0.3, -0.25) is 18.6 Å². The van der Waals surface area contributed by atoms with Crippen LogP contribution in [-0.4, -0.2) is 87.3 Å². The number of aliphatic imine (C=N–C) groups is 3. The fourth-order valence-corrected chi connectivity index (χ4v) is 11.4. The maximum Gasteiger partial charge on any atom is 0.472 e. The van der Waals surface area contributed by atoms with Crippen LogP contribution in [0.2, 0.25) is 0 Å². The Bertz CT molecular complexity index is 2240. The maximum absolute atomic E-state index is 13.9. The molecule has 8 unspecified atom stereocenters. The van der Waals surface area contributed by atoms with Crippen LogP contribution < -0.4 is 10.6 Å². The molecule has 57 heavy (non-hydrogen) atoms. The molecule has 17 heteroatoms. The third-order valence-corrected chi connectivity index (χ3v) is 14.2. The molecule has 0 spiro atoms. The van der Waals surface area contributed by atoms with E-state index in [4.69, 9.17) is 24.0 Å². The van der Waals surface area contributed by atoms with Crippen molar-refractivity contribution in [3.05, 3.63) is 60.2 Å². The number of rotatable bonds is 18. The minimum absolute atomic E-state index is 0.169. The van der Waals surface area contributed by atoms with Gasteiger partial charge in [0, 0.05) is 18.9 Å². The highest BCUT2D eigenvalue weighted by molar-refractivity contribution is 7.47. The molecule has 7 rings (SSSR count). The highest BCUT2D eigenvalue weighted by Crippen LogP contribution is 2.54. The van der Waals surface area contributed by atoms with Gasteiger partial charge in [-0.25, -0.2) is 14.5 Å². The number of amidine groups is 1. The van der Waals surface area contributed by atoms with Crippen molar-refractivity contribution in [2.45, 2.75) is 108 Å². The molecule has 0 radical (unpaired) electrons. The van der Waals surface area contributed by atoms with Gasteiger partial charge < -0.3 is 39.7 Å². The molecule has 3 heterocycles. The van der Waals surface area contributed by atoms with Crippen LogP contribution in [0.25, 0.3) is 32.3 Å². The molecule has 8 atom stereocenters. The van der Waals surface area contributed by atoms with E-state index in [1.807, 2.05) is 13.8 Å². The zero-order valence-electron chi connectivity index (χ0n) is 32.6. The molecule has 0 amide bonds. The first-order chi connectivity index (χ1) is 27.2. The summed E-state index contributed by atoms with van der Waals surface area (Å²) in [6.07, 6.45) is 2.66. The first kappa shape index (κ1) is 41.8.